The Morgan fingerprint density at radius 2 is 1.77 bits per heavy atom. The SMILES string of the molecule is CC1(C)S[C@@H]2C(NC(=O)C(C(=O)OCc3ccccc3)c3ccc(O)cc3)C(=O)N2[C@H]1C(=O)[O-].[Na+]. The molecule has 0 bridgehead atoms. The molecule has 2 fully saturated rings. The molecule has 0 spiro atoms. The van der Waals surface area contributed by atoms with Crippen LogP contribution in [0.3, 0.4) is 0 Å². The van der Waals surface area contributed by atoms with Crippen molar-refractivity contribution in [3.05, 3.63) is 65.7 Å². The van der Waals surface area contributed by atoms with Crippen molar-refractivity contribution in [1.29, 1.82) is 0 Å². The number of rotatable bonds is 7. The molecule has 0 aliphatic carbocycles. The molecule has 11 heteroatoms. The van der Waals surface area contributed by atoms with Crippen molar-refractivity contribution in [2.45, 2.75) is 48.6 Å². The predicted octanol–water partition coefficient (Wildman–Crippen LogP) is -2.48. The van der Waals surface area contributed by atoms with Crippen LogP contribution >= 0.6 is 11.8 Å². The Hall–Kier alpha value is -2.53. The van der Waals surface area contributed by atoms with Gasteiger partial charge in [-0.15, -0.1) is 11.8 Å². The van der Waals surface area contributed by atoms with Crippen LogP contribution < -0.4 is 40.0 Å². The molecule has 2 aromatic carbocycles. The van der Waals surface area contributed by atoms with E-state index in [1.165, 1.54) is 40.9 Å². The van der Waals surface area contributed by atoms with Crippen LogP contribution in [0, 0.1) is 0 Å². The fourth-order valence-corrected chi connectivity index (χ4v) is 5.86. The zero-order valence-electron chi connectivity index (χ0n) is 19.5. The molecule has 2 heterocycles. The van der Waals surface area contributed by atoms with Gasteiger partial charge in [-0.2, -0.15) is 0 Å². The van der Waals surface area contributed by atoms with Gasteiger partial charge >= 0.3 is 35.5 Å². The van der Waals surface area contributed by atoms with E-state index in [9.17, 15) is 29.4 Å². The fourth-order valence-electron chi connectivity index (χ4n) is 4.24. The summed E-state index contributed by atoms with van der Waals surface area (Å²) in [5.41, 5.74) is 1.02. The number of carbonyl (C=O) groups is 4. The average molecular weight is 507 g/mol. The number of nitrogens with one attached hydrogen (secondary N) is 1. The zero-order chi connectivity index (χ0) is 24.6. The van der Waals surface area contributed by atoms with Crippen LogP contribution in [0.2, 0.25) is 0 Å². The zero-order valence-corrected chi connectivity index (χ0v) is 22.3. The summed E-state index contributed by atoms with van der Waals surface area (Å²) in [6.07, 6.45) is 0. The maximum Gasteiger partial charge on any atom is 1.00 e. The normalized spacial score (nSPS) is 22.7. The molecular formula is C24H23N2NaO7S. The molecule has 2 unspecified atom stereocenters. The number of thioether (sulfide) groups is 1. The van der Waals surface area contributed by atoms with Crippen molar-refractivity contribution in [2.24, 2.45) is 0 Å². The number of carbonyl (C=O) groups excluding carboxylic acids is 4. The Balaban J connectivity index is 0.00000342. The number of ether oxygens (including phenoxy) is 1. The van der Waals surface area contributed by atoms with Crippen LogP contribution in [0.25, 0.3) is 0 Å². The van der Waals surface area contributed by atoms with E-state index in [0.717, 1.165) is 5.56 Å². The summed E-state index contributed by atoms with van der Waals surface area (Å²) in [5, 5.41) is 23.2. The number of hydrogen-bond acceptors (Lipinski definition) is 8. The van der Waals surface area contributed by atoms with Crippen molar-refractivity contribution in [3.63, 3.8) is 0 Å². The van der Waals surface area contributed by atoms with E-state index in [1.807, 2.05) is 6.07 Å². The van der Waals surface area contributed by atoms with Gasteiger partial charge in [0.2, 0.25) is 11.8 Å². The summed E-state index contributed by atoms with van der Waals surface area (Å²) >= 11 is 1.25. The van der Waals surface area contributed by atoms with E-state index in [4.69, 9.17) is 4.74 Å². The van der Waals surface area contributed by atoms with Crippen molar-refractivity contribution in [2.75, 3.05) is 0 Å². The van der Waals surface area contributed by atoms with Crippen molar-refractivity contribution in [3.8, 4) is 5.75 Å². The first kappa shape index (κ1) is 27.1. The van der Waals surface area contributed by atoms with Gasteiger partial charge in [-0.1, -0.05) is 42.5 Å². The summed E-state index contributed by atoms with van der Waals surface area (Å²) in [6.45, 7) is 3.35. The summed E-state index contributed by atoms with van der Waals surface area (Å²) in [7, 11) is 0. The number of phenolic OH excluding ortho intramolecular Hbond substituents is 1. The minimum Gasteiger partial charge on any atom is -0.548 e. The molecule has 2 aromatic rings. The molecule has 178 valence electrons. The molecule has 2 saturated heterocycles. The van der Waals surface area contributed by atoms with Gasteiger partial charge in [-0.25, -0.2) is 0 Å². The number of aliphatic carboxylic acids is 1. The second-order valence-corrected chi connectivity index (χ2v) is 10.5. The monoisotopic (exact) mass is 506 g/mol. The summed E-state index contributed by atoms with van der Waals surface area (Å²) in [6, 6.07) is 12.4. The first-order chi connectivity index (χ1) is 16.1. The Labute approximate surface area is 228 Å². The number of esters is 1. The van der Waals surface area contributed by atoms with Gasteiger partial charge in [0.1, 0.15) is 23.8 Å². The Kier molecular flexibility index (Phi) is 8.21. The largest absolute Gasteiger partial charge is 1.00 e. The number of amides is 2. The molecule has 2 aliphatic heterocycles. The average Bonchev–Trinajstić information content (AvgIpc) is 3.06. The van der Waals surface area contributed by atoms with Gasteiger partial charge in [-0.3, -0.25) is 14.4 Å². The maximum atomic E-state index is 13.2. The first-order valence-corrected chi connectivity index (χ1v) is 11.5. The Morgan fingerprint density at radius 3 is 2.37 bits per heavy atom. The third-order valence-electron chi connectivity index (χ3n) is 5.91. The van der Waals surface area contributed by atoms with Crippen LogP contribution in [0.1, 0.15) is 30.9 Å². The molecule has 0 aromatic heterocycles. The quantitative estimate of drug-likeness (QED) is 0.182. The molecule has 9 nitrogen and oxygen atoms in total. The molecule has 0 radical (unpaired) electrons. The van der Waals surface area contributed by atoms with E-state index in [2.05, 4.69) is 5.32 Å². The third kappa shape index (κ3) is 5.35. The molecule has 2 amide bonds. The van der Waals surface area contributed by atoms with Crippen LogP contribution in [0.4, 0.5) is 0 Å². The minimum absolute atomic E-state index is 0. The van der Waals surface area contributed by atoms with E-state index in [0.29, 0.717) is 0 Å². The molecule has 0 saturated carbocycles. The van der Waals surface area contributed by atoms with Gasteiger partial charge < -0.3 is 30.0 Å². The number of carboxylic acids is 1. The van der Waals surface area contributed by atoms with Crippen molar-refractivity contribution >= 4 is 35.5 Å². The summed E-state index contributed by atoms with van der Waals surface area (Å²) in [5.74, 6) is -4.90. The van der Waals surface area contributed by atoms with E-state index >= 15 is 0 Å². The number of fused-ring (bicyclic) bond motifs is 1. The fraction of sp³-hybridized carbons (Fsp3) is 0.333. The van der Waals surface area contributed by atoms with Gasteiger partial charge in [0.25, 0.3) is 0 Å². The maximum absolute atomic E-state index is 13.2. The van der Waals surface area contributed by atoms with Gasteiger partial charge in [0.15, 0.2) is 5.92 Å². The van der Waals surface area contributed by atoms with Crippen LogP contribution in [0.15, 0.2) is 54.6 Å². The number of phenols is 1. The predicted molar refractivity (Wildman–Crippen MR) is 120 cm³/mol. The Bertz CT molecular complexity index is 1130. The molecular weight excluding hydrogens is 483 g/mol. The van der Waals surface area contributed by atoms with E-state index in [-0.39, 0.29) is 47.5 Å². The van der Waals surface area contributed by atoms with Gasteiger partial charge in [0.05, 0.1) is 12.0 Å². The standard InChI is InChI=1S/C24H24N2O7S.Na/c1-24(2)18(22(30)31)26-20(29)17(21(26)34-24)25-19(28)16(14-8-10-15(27)11-9-14)23(32)33-12-13-6-4-3-5-7-13;/h3-11,16-18,21,27H,12H2,1-2H3,(H,25,28)(H,30,31);/q;+1/p-1/t16?,17?,18-,21+;/m0./s1. The van der Waals surface area contributed by atoms with Crippen molar-refractivity contribution < 1.29 is 63.7 Å². The van der Waals surface area contributed by atoms with Crippen LogP contribution in [0.5, 0.6) is 5.75 Å². The first-order valence-electron chi connectivity index (χ1n) is 10.6. The minimum atomic E-state index is -1.39. The number of benzene rings is 2. The molecule has 2 N–H and O–H groups in total. The third-order valence-corrected chi connectivity index (χ3v) is 7.48. The number of nitrogens with zero attached hydrogens (tertiary/aromatic N) is 1. The van der Waals surface area contributed by atoms with Crippen LogP contribution in [-0.2, 0) is 30.5 Å². The Morgan fingerprint density at radius 1 is 1.14 bits per heavy atom. The van der Waals surface area contributed by atoms with Crippen LogP contribution in [-0.4, -0.2) is 56.0 Å². The summed E-state index contributed by atoms with van der Waals surface area (Å²) < 4.78 is 4.57. The number of hydrogen-bond donors (Lipinski definition) is 2. The number of carboxylic acid groups (broad SMARTS) is 1. The van der Waals surface area contributed by atoms with E-state index < -0.39 is 51.9 Å². The molecule has 35 heavy (non-hydrogen) atoms. The second kappa shape index (κ2) is 10.6. The van der Waals surface area contributed by atoms with Gasteiger partial charge in [0, 0.05) is 4.75 Å². The van der Waals surface area contributed by atoms with E-state index in [1.54, 1.807) is 38.1 Å². The second-order valence-electron chi connectivity index (χ2n) is 8.68. The number of β-lactam (4-membered cyclic amide) rings is 1. The number of aromatic hydroxyl groups is 1. The molecule has 2 aliphatic rings. The summed E-state index contributed by atoms with van der Waals surface area (Å²) in [4.78, 5) is 51.7. The molecule has 4 atom stereocenters. The molecule has 4 rings (SSSR count). The smallest absolute Gasteiger partial charge is 0.548 e. The van der Waals surface area contributed by atoms with Gasteiger partial charge in [-0.05, 0) is 37.1 Å². The van der Waals surface area contributed by atoms with Crippen molar-refractivity contribution in [1.82, 2.24) is 10.2 Å². The topological polar surface area (TPSA) is 136 Å².